The molecule has 21 heavy (non-hydrogen) atoms. The van der Waals surface area contributed by atoms with Crippen LogP contribution in [0, 0.1) is 6.92 Å². The van der Waals surface area contributed by atoms with Gasteiger partial charge in [-0.1, -0.05) is 42.5 Å². The largest absolute Gasteiger partial charge is 0.445 e. The number of aromatic nitrogens is 1. The minimum absolute atomic E-state index is 0.0502. The van der Waals surface area contributed by atoms with Gasteiger partial charge in [0, 0.05) is 12.8 Å². The topological polar surface area (TPSA) is 55.5 Å². The lowest BCUT2D eigenvalue weighted by molar-refractivity contribution is 0.164. The van der Waals surface area contributed by atoms with E-state index in [1.807, 2.05) is 25.1 Å². The highest BCUT2D eigenvalue weighted by Crippen LogP contribution is 2.14. The molecule has 0 bridgehead atoms. The maximum absolute atomic E-state index is 8.60. The van der Waals surface area contributed by atoms with E-state index in [1.54, 1.807) is 12.2 Å². The van der Waals surface area contributed by atoms with Gasteiger partial charge in [-0.25, -0.2) is 4.98 Å². The van der Waals surface area contributed by atoms with Crippen molar-refractivity contribution in [1.29, 1.82) is 0 Å². The summed E-state index contributed by atoms with van der Waals surface area (Å²) >= 11 is 0. The number of benzene rings is 1. The van der Waals surface area contributed by atoms with Crippen LogP contribution in [-0.2, 0) is 17.6 Å². The van der Waals surface area contributed by atoms with Gasteiger partial charge in [-0.05, 0) is 12.5 Å². The molecule has 0 atom stereocenters. The molecule has 0 aliphatic rings. The second kappa shape index (κ2) is 8.39. The third kappa shape index (κ3) is 5.17. The first kappa shape index (κ1) is 15.5. The summed E-state index contributed by atoms with van der Waals surface area (Å²) in [4.78, 5) is 4.53. The summed E-state index contributed by atoms with van der Waals surface area (Å²) in [6.45, 7) is 3.08. The van der Waals surface area contributed by atoms with E-state index in [2.05, 4.69) is 17.1 Å². The number of hydrogen-bond acceptors (Lipinski definition) is 4. The van der Waals surface area contributed by atoms with Crippen LogP contribution < -0.4 is 0 Å². The lowest BCUT2D eigenvalue weighted by Crippen LogP contribution is -2.00. The van der Waals surface area contributed by atoms with Crippen molar-refractivity contribution in [1.82, 2.24) is 4.98 Å². The Morgan fingerprint density at radius 2 is 2.05 bits per heavy atom. The van der Waals surface area contributed by atoms with Crippen LogP contribution in [-0.4, -0.2) is 29.9 Å². The molecule has 0 unspecified atom stereocenters. The van der Waals surface area contributed by atoms with Crippen molar-refractivity contribution in [3.8, 4) is 0 Å². The number of aryl methyl sites for hydroxylation is 1. The minimum Gasteiger partial charge on any atom is -0.445 e. The van der Waals surface area contributed by atoms with Crippen LogP contribution in [0.3, 0.4) is 0 Å². The zero-order valence-electron chi connectivity index (χ0n) is 12.3. The number of hydrogen-bond donors (Lipinski definition) is 1. The molecule has 2 aromatic rings. The fraction of sp³-hybridized carbons (Fsp3) is 0.353. The van der Waals surface area contributed by atoms with Gasteiger partial charge >= 0.3 is 0 Å². The molecule has 0 amide bonds. The second-order valence-corrected chi connectivity index (χ2v) is 4.75. The lowest BCUT2D eigenvalue weighted by atomic mass is 10.1. The summed E-state index contributed by atoms with van der Waals surface area (Å²) in [6, 6.07) is 10.2. The molecule has 0 spiro atoms. The van der Waals surface area contributed by atoms with E-state index in [0.29, 0.717) is 19.6 Å². The van der Waals surface area contributed by atoms with Gasteiger partial charge in [0.25, 0.3) is 0 Å². The summed E-state index contributed by atoms with van der Waals surface area (Å²) < 4.78 is 11.1. The van der Waals surface area contributed by atoms with Crippen molar-refractivity contribution >= 4 is 0 Å². The summed E-state index contributed by atoms with van der Waals surface area (Å²) in [5.74, 6) is 1.60. The normalized spacial score (nSPS) is 11.3. The van der Waals surface area contributed by atoms with Gasteiger partial charge in [-0.15, -0.1) is 0 Å². The van der Waals surface area contributed by atoms with E-state index in [9.17, 15) is 0 Å². The third-order valence-electron chi connectivity index (χ3n) is 3.10. The van der Waals surface area contributed by atoms with E-state index in [-0.39, 0.29) is 6.61 Å². The maximum atomic E-state index is 8.60. The molecule has 0 saturated carbocycles. The van der Waals surface area contributed by atoms with E-state index in [0.717, 1.165) is 23.8 Å². The maximum Gasteiger partial charge on any atom is 0.199 e. The van der Waals surface area contributed by atoms with Crippen molar-refractivity contribution < 1.29 is 14.3 Å². The average molecular weight is 287 g/mol. The second-order valence-electron chi connectivity index (χ2n) is 4.75. The number of ether oxygens (including phenoxy) is 1. The summed E-state index contributed by atoms with van der Waals surface area (Å²) in [7, 11) is 0. The van der Waals surface area contributed by atoms with Crippen molar-refractivity contribution in [2.75, 3.05) is 19.8 Å². The molecule has 1 aromatic heterocycles. The number of aliphatic hydroxyl groups is 1. The molecule has 112 valence electrons. The van der Waals surface area contributed by atoms with Crippen LogP contribution >= 0.6 is 0 Å². The van der Waals surface area contributed by atoms with Gasteiger partial charge in [0.1, 0.15) is 5.76 Å². The molecule has 0 radical (unpaired) electrons. The van der Waals surface area contributed by atoms with Gasteiger partial charge < -0.3 is 14.3 Å². The highest BCUT2D eigenvalue weighted by molar-refractivity contribution is 5.19. The third-order valence-corrected chi connectivity index (χ3v) is 3.10. The first-order valence-electron chi connectivity index (χ1n) is 7.12. The zero-order chi connectivity index (χ0) is 14.9. The highest BCUT2D eigenvalue weighted by Gasteiger charge is 2.09. The molecule has 4 nitrogen and oxygen atoms in total. The molecule has 4 heteroatoms. The molecular formula is C17H21NO3. The van der Waals surface area contributed by atoms with Crippen molar-refractivity contribution in [3.63, 3.8) is 0 Å². The zero-order valence-corrected chi connectivity index (χ0v) is 12.3. The summed E-state index contributed by atoms with van der Waals surface area (Å²) in [6.07, 6.45) is 4.91. The Morgan fingerprint density at radius 1 is 1.24 bits per heavy atom. The Bertz CT molecular complexity index is 561. The van der Waals surface area contributed by atoms with E-state index >= 15 is 0 Å². The van der Waals surface area contributed by atoms with E-state index < -0.39 is 0 Å². The monoisotopic (exact) mass is 287 g/mol. The molecule has 1 aromatic carbocycles. The van der Waals surface area contributed by atoms with E-state index in [1.165, 1.54) is 5.56 Å². The van der Waals surface area contributed by atoms with E-state index in [4.69, 9.17) is 14.3 Å². The van der Waals surface area contributed by atoms with Gasteiger partial charge in [-0.3, -0.25) is 0 Å². The minimum atomic E-state index is 0.0502. The van der Waals surface area contributed by atoms with Crippen LogP contribution in [0.4, 0.5) is 0 Å². The van der Waals surface area contributed by atoms with Crippen molar-refractivity contribution in [2.24, 2.45) is 0 Å². The summed E-state index contributed by atoms with van der Waals surface area (Å²) in [5.41, 5.74) is 2.14. The molecule has 0 aliphatic heterocycles. The standard InChI is InChI=1S/C17H21NO3/c1-14-16(9-12-20-11-6-5-10-19)18-17(21-14)13-15-7-3-2-4-8-15/h2-8,19H,9-13H2,1H3/b6-5+. The molecule has 0 fully saturated rings. The molecular weight excluding hydrogens is 266 g/mol. The fourth-order valence-electron chi connectivity index (χ4n) is 2.03. The number of nitrogens with zero attached hydrogens (tertiary/aromatic N) is 1. The predicted octanol–water partition coefficient (Wildman–Crippen LogP) is 2.68. The van der Waals surface area contributed by atoms with Crippen LogP contribution in [0.15, 0.2) is 46.9 Å². The molecule has 2 rings (SSSR count). The van der Waals surface area contributed by atoms with Gasteiger partial charge in [-0.2, -0.15) is 0 Å². The van der Waals surface area contributed by atoms with Crippen LogP contribution in [0.5, 0.6) is 0 Å². The Balaban J connectivity index is 1.83. The van der Waals surface area contributed by atoms with Crippen LogP contribution in [0.2, 0.25) is 0 Å². The fourth-order valence-corrected chi connectivity index (χ4v) is 2.03. The first-order chi connectivity index (χ1) is 10.3. The Morgan fingerprint density at radius 3 is 2.81 bits per heavy atom. The average Bonchev–Trinajstić information content (AvgIpc) is 2.84. The van der Waals surface area contributed by atoms with Gasteiger partial charge in [0.2, 0.25) is 0 Å². The number of aliphatic hydroxyl groups excluding tert-OH is 1. The molecule has 0 saturated heterocycles. The first-order valence-corrected chi connectivity index (χ1v) is 7.12. The quantitative estimate of drug-likeness (QED) is 0.599. The Labute approximate surface area is 125 Å². The van der Waals surface area contributed by atoms with Crippen molar-refractivity contribution in [2.45, 2.75) is 19.8 Å². The Kier molecular flexibility index (Phi) is 6.19. The lowest BCUT2D eigenvalue weighted by Gasteiger charge is -1.98. The van der Waals surface area contributed by atoms with Crippen LogP contribution in [0.25, 0.3) is 0 Å². The smallest absolute Gasteiger partial charge is 0.199 e. The number of rotatable bonds is 8. The van der Waals surface area contributed by atoms with Crippen molar-refractivity contribution in [3.05, 3.63) is 65.4 Å². The summed E-state index contributed by atoms with van der Waals surface area (Å²) in [5, 5.41) is 8.60. The molecule has 1 heterocycles. The van der Waals surface area contributed by atoms with Gasteiger partial charge in [0.05, 0.1) is 25.5 Å². The molecule has 1 N–H and O–H groups in total. The molecule has 0 aliphatic carbocycles. The van der Waals surface area contributed by atoms with Crippen LogP contribution in [0.1, 0.15) is 22.9 Å². The Hall–Kier alpha value is -1.91. The number of oxazole rings is 1. The predicted molar refractivity (Wildman–Crippen MR) is 81.2 cm³/mol. The van der Waals surface area contributed by atoms with Gasteiger partial charge in [0.15, 0.2) is 5.89 Å². The highest BCUT2D eigenvalue weighted by atomic mass is 16.5. The SMILES string of the molecule is Cc1oc(Cc2ccccc2)nc1CCOC/C=C/CO.